The van der Waals surface area contributed by atoms with Gasteiger partial charge >= 0.3 is 0 Å². The minimum Gasteiger partial charge on any atom is -0.434 e. The molecule has 134 valence electrons. The summed E-state index contributed by atoms with van der Waals surface area (Å²) in [5.41, 5.74) is 2.92. The molecule has 0 saturated carbocycles. The van der Waals surface area contributed by atoms with Gasteiger partial charge in [-0.25, -0.2) is 8.91 Å². The third-order valence-corrected chi connectivity index (χ3v) is 3.96. The lowest BCUT2D eigenvalue weighted by molar-refractivity contribution is -0.114. The molecule has 1 N–H and O–H groups in total. The van der Waals surface area contributed by atoms with Gasteiger partial charge in [-0.2, -0.15) is 10.1 Å². The molecule has 0 atom stereocenters. The van der Waals surface area contributed by atoms with Crippen molar-refractivity contribution in [3.05, 3.63) is 72.9 Å². The third-order valence-electron chi connectivity index (χ3n) is 3.96. The Bertz CT molecular complexity index is 1140. The molecule has 0 radical (unpaired) electrons. The number of benzene rings is 2. The van der Waals surface area contributed by atoms with Crippen LogP contribution < -0.4 is 10.1 Å². The van der Waals surface area contributed by atoms with Crippen LogP contribution in [0.1, 0.15) is 6.92 Å². The van der Waals surface area contributed by atoms with Gasteiger partial charge in [-0.3, -0.25) is 4.79 Å². The predicted molar refractivity (Wildman–Crippen MR) is 99.2 cm³/mol. The number of nitrogens with one attached hydrogen (secondary N) is 1. The Morgan fingerprint density at radius 1 is 1.15 bits per heavy atom. The fourth-order valence-electron chi connectivity index (χ4n) is 2.83. The van der Waals surface area contributed by atoms with Crippen LogP contribution in [-0.4, -0.2) is 20.5 Å². The van der Waals surface area contributed by atoms with Gasteiger partial charge in [0.25, 0.3) is 0 Å². The van der Waals surface area contributed by atoms with Gasteiger partial charge in [0, 0.05) is 24.4 Å². The molecule has 0 aliphatic carbocycles. The number of carbonyl (C=O) groups excluding carboxylic acids is 1. The summed E-state index contributed by atoms with van der Waals surface area (Å²) in [7, 11) is 0. The number of hydrogen-bond acceptors (Lipinski definition) is 4. The molecule has 2 aromatic carbocycles. The number of ether oxygens (including phenoxy) is 1. The summed E-state index contributed by atoms with van der Waals surface area (Å²) < 4.78 is 21.3. The van der Waals surface area contributed by atoms with Crippen molar-refractivity contribution in [3.8, 4) is 22.8 Å². The average molecular weight is 362 g/mol. The Morgan fingerprint density at radius 3 is 2.81 bits per heavy atom. The van der Waals surface area contributed by atoms with Crippen LogP contribution in [0.4, 0.5) is 10.1 Å². The van der Waals surface area contributed by atoms with Crippen molar-refractivity contribution in [2.75, 3.05) is 5.32 Å². The van der Waals surface area contributed by atoms with E-state index in [0.717, 1.165) is 11.1 Å². The zero-order valence-electron chi connectivity index (χ0n) is 14.4. The van der Waals surface area contributed by atoms with Gasteiger partial charge in [0.2, 0.25) is 11.8 Å². The maximum atomic E-state index is 14.0. The molecule has 0 saturated heterocycles. The van der Waals surface area contributed by atoms with Crippen molar-refractivity contribution in [1.29, 1.82) is 0 Å². The standard InChI is InChI=1S/C20H15FN4O2/c1-13(26)24-15-6-4-5-14(11-15)16-9-10-25-19(16)20(22-12-23-25)27-18-8-3-2-7-17(18)21/h2-12H,1H3,(H,24,26). The fraction of sp³-hybridized carbons (Fsp3) is 0.0500. The number of anilines is 1. The van der Waals surface area contributed by atoms with Gasteiger partial charge in [-0.1, -0.05) is 24.3 Å². The number of aromatic nitrogens is 3. The second-order valence-corrected chi connectivity index (χ2v) is 5.88. The van der Waals surface area contributed by atoms with E-state index in [-0.39, 0.29) is 17.5 Å². The minimum atomic E-state index is -0.477. The largest absolute Gasteiger partial charge is 0.434 e. The lowest BCUT2D eigenvalue weighted by Gasteiger charge is -2.09. The van der Waals surface area contributed by atoms with Gasteiger partial charge in [-0.05, 0) is 35.9 Å². The molecular weight excluding hydrogens is 347 g/mol. The zero-order chi connectivity index (χ0) is 18.8. The van der Waals surface area contributed by atoms with Crippen LogP contribution in [-0.2, 0) is 4.79 Å². The number of amides is 1. The number of nitrogens with zero attached hydrogens (tertiary/aromatic N) is 3. The maximum absolute atomic E-state index is 14.0. The van der Waals surface area contributed by atoms with Crippen molar-refractivity contribution >= 4 is 17.1 Å². The molecule has 27 heavy (non-hydrogen) atoms. The van der Waals surface area contributed by atoms with Crippen molar-refractivity contribution in [2.45, 2.75) is 6.92 Å². The van der Waals surface area contributed by atoms with E-state index in [1.165, 1.54) is 25.4 Å². The lowest BCUT2D eigenvalue weighted by atomic mass is 10.1. The first-order chi connectivity index (χ1) is 13.1. The normalized spacial score (nSPS) is 10.7. The Labute approximate surface area is 154 Å². The fourth-order valence-corrected chi connectivity index (χ4v) is 2.83. The van der Waals surface area contributed by atoms with E-state index in [2.05, 4.69) is 15.4 Å². The number of hydrogen-bond donors (Lipinski definition) is 1. The Morgan fingerprint density at radius 2 is 2.00 bits per heavy atom. The molecule has 0 bridgehead atoms. The summed E-state index contributed by atoms with van der Waals surface area (Å²) in [5, 5.41) is 6.94. The number of rotatable bonds is 4. The highest BCUT2D eigenvalue weighted by atomic mass is 19.1. The molecule has 4 rings (SSSR count). The summed E-state index contributed by atoms with van der Waals surface area (Å²) in [5.74, 6) is -0.312. The van der Waals surface area contributed by atoms with E-state index in [1.807, 2.05) is 24.3 Å². The molecular formula is C20H15FN4O2. The predicted octanol–water partition coefficient (Wildman–Crippen LogP) is 4.29. The Balaban J connectivity index is 1.81. The van der Waals surface area contributed by atoms with Crippen LogP contribution in [0.2, 0.25) is 0 Å². The van der Waals surface area contributed by atoms with E-state index in [4.69, 9.17) is 4.74 Å². The second-order valence-electron chi connectivity index (χ2n) is 5.88. The molecule has 0 aliphatic rings. The van der Waals surface area contributed by atoms with Crippen LogP contribution in [0.5, 0.6) is 11.6 Å². The molecule has 0 fully saturated rings. The number of fused-ring (bicyclic) bond motifs is 1. The molecule has 4 aromatic rings. The molecule has 6 nitrogen and oxygen atoms in total. The summed E-state index contributed by atoms with van der Waals surface area (Å²) in [6.45, 7) is 1.45. The Kier molecular flexibility index (Phi) is 4.25. The van der Waals surface area contributed by atoms with Crippen LogP contribution >= 0.6 is 0 Å². The van der Waals surface area contributed by atoms with Crippen LogP contribution in [0.25, 0.3) is 16.6 Å². The van der Waals surface area contributed by atoms with E-state index < -0.39 is 5.82 Å². The van der Waals surface area contributed by atoms with Crippen molar-refractivity contribution in [3.63, 3.8) is 0 Å². The first-order valence-electron chi connectivity index (χ1n) is 8.24. The van der Waals surface area contributed by atoms with Crippen molar-refractivity contribution in [1.82, 2.24) is 14.6 Å². The van der Waals surface area contributed by atoms with Crippen LogP contribution in [0.15, 0.2) is 67.1 Å². The quantitative estimate of drug-likeness (QED) is 0.588. The molecule has 0 unspecified atom stereocenters. The average Bonchev–Trinajstić information content (AvgIpc) is 3.08. The number of para-hydroxylation sites is 1. The third kappa shape index (κ3) is 3.35. The SMILES string of the molecule is CC(=O)Nc1cccc(-c2ccn3ncnc(Oc4ccccc4F)c23)c1. The van der Waals surface area contributed by atoms with Crippen molar-refractivity contribution < 1.29 is 13.9 Å². The van der Waals surface area contributed by atoms with E-state index >= 15 is 0 Å². The summed E-state index contributed by atoms with van der Waals surface area (Å²) in [6, 6.07) is 15.4. The molecule has 2 aromatic heterocycles. The van der Waals surface area contributed by atoms with Crippen LogP contribution in [0, 0.1) is 5.82 Å². The van der Waals surface area contributed by atoms with Gasteiger partial charge in [0.1, 0.15) is 11.8 Å². The zero-order valence-corrected chi connectivity index (χ0v) is 14.4. The van der Waals surface area contributed by atoms with Gasteiger partial charge in [-0.15, -0.1) is 0 Å². The molecule has 0 aliphatic heterocycles. The molecule has 0 spiro atoms. The van der Waals surface area contributed by atoms with Crippen molar-refractivity contribution in [2.24, 2.45) is 0 Å². The summed E-state index contributed by atoms with van der Waals surface area (Å²) in [6.07, 6.45) is 3.12. The molecule has 2 heterocycles. The van der Waals surface area contributed by atoms with E-state index in [1.54, 1.807) is 28.9 Å². The highest BCUT2D eigenvalue weighted by molar-refractivity contribution is 5.91. The number of carbonyl (C=O) groups is 1. The maximum Gasteiger partial charge on any atom is 0.247 e. The second kappa shape index (κ2) is 6.87. The lowest BCUT2D eigenvalue weighted by Crippen LogP contribution is -2.05. The van der Waals surface area contributed by atoms with Gasteiger partial charge in [0.05, 0.1) is 0 Å². The first-order valence-corrected chi connectivity index (χ1v) is 8.24. The van der Waals surface area contributed by atoms with Gasteiger partial charge < -0.3 is 10.1 Å². The summed E-state index contributed by atoms with van der Waals surface area (Å²) >= 11 is 0. The first kappa shape index (κ1) is 16.7. The highest BCUT2D eigenvalue weighted by Crippen LogP contribution is 2.34. The summed E-state index contributed by atoms with van der Waals surface area (Å²) in [4.78, 5) is 15.5. The monoisotopic (exact) mass is 362 g/mol. The molecule has 1 amide bonds. The van der Waals surface area contributed by atoms with Crippen LogP contribution in [0.3, 0.4) is 0 Å². The van der Waals surface area contributed by atoms with E-state index in [0.29, 0.717) is 11.2 Å². The van der Waals surface area contributed by atoms with Gasteiger partial charge in [0.15, 0.2) is 11.6 Å². The number of halogens is 1. The minimum absolute atomic E-state index is 0.0808. The molecule has 7 heteroatoms. The Hall–Kier alpha value is -3.74. The van der Waals surface area contributed by atoms with E-state index in [9.17, 15) is 9.18 Å². The smallest absolute Gasteiger partial charge is 0.247 e. The topological polar surface area (TPSA) is 68.5 Å². The highest BCUT2D eigenvalue weighted by Gasteiger charge is 2.15.